The maximum Gasteiger partial charge on any atom is 0.243 e. The average molecular weight is 488 g/mol. The minimum atomic E-state index is -3.86. The number of carbonyl (C=O) groups excluding carboxylic acids is 2. The van der Waals surface area contributed by atoms with Crippen molar-refractivity contribution in [1.29, 1.82) is 0 Å². The molecule has 0 aliphatic carbocycles. The van der Waals surface area contributed by atoms with Crippen LogP contribution in [0.1, 0.15) is 32.3 Å². The van der Waals surface area contributed by atoms with Gasteiger partial charge in [-0.05, 0) is 36.5 Å². The number of nitrogens with one attached hydrogen (secondary N) is 2. The van der Waals surface area contributed by atoms with Gasteiger partial charge >= 0.3 is 0 Å². The molecule has 0 saturated carbocycles. The van der Waals surface area contributed by atoms with E-state index in [0.29, 0.717) is 13.2 Å². The van der Waals surface area contributed by atoms with Crippen LogP contribution in [0.2, 0.25) is 0 Å². The summed E-state index contributed by atoms with van der Waals surface area (Å²) < 4.78 is 33.3. The van der Waals surface area contributed by atoms with Crippen molar-refractivity contribution in [2.45, 2.75) is 50.3 Å². The molecule has 2 aromatic rings. The molecule has 184 valence electrons. The van der Waals surface area contributed by atoms with E-state index in [1.165, 1.54) is 17.0 Å². The van der Waals surface area contributed by atoms with Crippen LogP contribution in [0, 0.1) is 5.92 Å². The maximum absolute atomic E-state index is 13.3. The molecular formula is C25H33N3O5S. The van der Waals surface area contributed by atoms with Gasteiger partial charge in [0.2, 0.25) is 21.8 Å². The second-order valence-corrected chi connectivity index (χ2v) is 10.5. The lowest BCUT2D eigenvalue weighted by Crippen LogP contribution is -2.56. The molecule has 1 heterocycles. The molecule has 0 radical (unpaired) electrons. The largest absolute Gasteiger partial charge is 0.376 e. The second kappa shape index (κ2) is 12.1. The van der Waals surface area contributed by atoms with Gasteiger partial charge in [0.25, 0.3) is 0 Å². The van der Waals surface area contributed by atoms with Gasteiger partial charge in [-0.3, -0.25) is 9.59 Å². The van der Waals surface area contributed by atoms with Crippen LogP contribution < -0.4 is 10.0 Å². The Morgan fingerprint density at radius 3 is 2.29 bits per heavy atom. The van der Waals surface area contributed by atoms with Crippen molar-refractivity contribution < 1.29 is 22.7 Å². The zero-order valence-corrected chi connectivity index (χ0v) is 20.5. The number of rotatable bonds is 11. The molecule has 0 bridgehead atoms. The number of carbonyl (C=O) groups is 2. The highest BCUT2D eigenvalue weighted by molar-refractivity contribution is 7.89. The lowest BCUT2D eigenvalue weighted by atomic mass is 10.00. The first-order chi connectivity index (χ1) is 16.3. The van der Waals surface area contributed by atoms with Gasteiger partial charge in [-0.2, -0.15) is 0 Å². The molecule has 1 fully saturated rings. The van der Waals surface area contributed by atoms with Crippen LogP contribution in [0.5, 0.6) is 0 Å². The van der Waals surface area contributed by atoms with E-state index in [2.05, 4.69) is 10.0 Å². The summed E-state index contributed by atoms with van der Waals surface area (Å²) in [7, 11) is -3.86. The Bertz CT molecular complexity index is 1040. The minimum Gasteiger partial charge on any atom is -0.376 e. The molecule has 3 rings (SSSR count). The molecule has 9 heteroatoms. The summed E-state index contributed by atoms with van der Waals surface area (Å²) in [6.45, 7) is 4.48. The smallest absolute Gasteiger partial charge is 0.243 e. The number of hydrogen-bond donors (Lipinski definition) is 2. The number of benzene rings is 2. The Morgan fingerprint density at radius 2 is 1.71 bits per heavy atom. The van der Waals surface area contributed by atoms with E-state index < -0.39 is 28.5 Å². The third-order valence-corrected chi connectivity index (χ3v) is 7.17. The fraction of sp³-hybridized carbons (Fsp3) is 0.440. The lowest BCUT2D eigenvalue weighted by Gasteiger charge is -2.35. The predicted octanol–water partition coefficient (Wildman–Crippen LogP) is 2.31. The Balaban J connectivity index is 1.74. The number of nitrogens with zero attached hydrogens (tertiary/aromatic N) is 1. The molecule has 2 N–H and O–H groups in total. The van der Waals surface area contributed by atoms with E-state index in [1.807, 2.05) is 44.2 Å². The fourth-order valence-corrected chi connectivity index (χ4v) is 5.01. The van der Waals surface area contributed by atoms with Crippen LogP contribution >= 0.6 is 0 Å². The molecule has 1 aliphatic heterocycles. The van der Waals surface area contributed by atoms with Crippen LogP contribution in [-0.4, -0.2) is 57.0 Å². The molecule has 0 aromatic heterocycles. The van der Waals surface area contributed by atoms with Crippen molar-refractivity contribution in [2.75, 3.05) is 19.7 Å². The van der Waals surface area contributed by atoms with E-state index in [1.54, 1.807) is 18.2 Å². The molecule has 2 atom stereocenters. The zero-order chi connectivity index (χ0) is 24.6. The van der Waals surface area contributed by atoms with Crippen molar-refractivity contribution in [1.82, 2.24) is 14.9 Å². The Kier molecular flexibility index (Phi) is 9.20. The third-order valence-electron chi connectivity index (χ3n) is 5.76. The van der Waals surface area contributed by atoms with Crippen molar-refractivity contribution >= 4 is 21.8 Å². The average Bonchev–Trinajstić information content (AvgIpc) is 3.35. The van der Waals surface area contributed by atoms with E-state index in [9.17, 15) is 18.0 Å². The first kappa shape index (κ1) is 25.9. The summed E-state index contributed by atoms with van der Waals surface area (Å²) in [6.07, 6.45) is 1.49. The summed E-state index contributed by atoms with van der Waals surface area (Å²) >= 11 is 0. The molecule has 0 unspecified atom stereocenters. The third kappa shape index (κ3) is 7.12. The summed E-state index contributed by atoms with van der Waals surface area (Å²) in [4.78, 5) is 28.1. The van der Waals surface area contributed by atoms with Gasteiger partial charge < -0.3 is 15.0 Å². The zero-order valence-electron chi connectivity index (χ0n) is 19.6. The fourth-order valence-electron chi connectivity index (χ4n) is 4.01. The number of sulfonamides is 1. The highest BCUT2D eigenvalue weighted by atomic mass is 32.2. The SMILES string of the molecule is CC(C)[C@@H](C(=O)NCc1ccccc1)N(C[C@@H]1CCCO1)C(=O)CNS(=O)(=O)c1ccccc1. The van der Waals surface area contributed by atoms with E-state index >= 15 is 0 Å². The summed E-state index contributed by atoms with van der Waals surface area (Å²) in [5.41, 5.74) is 0.950. The van der Waals surface area contributed by atoms with E-state index in [4.69, 9.17) is 4.74 Å². The highest BCUT2D eigenvalue weighted by Crippen LogP contribution is 2.19. The Morgan fingerprint density at radius 1 is 1.06 bits per heavy atom. The maximum atomic E-state index is 13.3. The van der Waals surface area contributed by atoms with E-state index in [0.717, 1.165) is 18.4 Å². The monoisotopic (exact) mass is 487 g/mol. The van der Waals surface area contributed by atoms with Gasteiger partial charge in [-0.15, -0.1) is 0 Å². The first-order valence-corrected chi connectivity index (χ1v) is 13.0. The van der Waals surface area contributed by atoms with Crippen LogP contribution in [0.4, 0.5) is 0 Å². The number of ether oxygens (including phenoxy) is 1. The lowest BCUT2D eigenvalue weighted by molar-refractivity contribution is -0.143. The number of amides is 2. The van der Waals surface area contributed by atoms with Gasteiger partial charge in [-0.1, -0.05) is 62.4 Å². The first-order valence-electron chi connectivity index (χ1n) is 11.6. The van der Waals surface area contributed by atoms with E-state index in [-0.39, 0.29) is 29.4 Å². The topological polar surface area (TPSA) is 105 Å². The van der Waals surface area contributed by atoms with Gasteiger partial charge in [0.05, 0.1) is 17.5 Å². The standard InChI is InChI=1S/C25H33N3O5S/c1-19(2)24(25(30)26-16-20-10-5-3-6-11-20)28(18-21-12-9-15-33-21)23(29)17-27-34(31,32)22-13-7-4-8-14-22/h3-8,10-11,13-14,19,21,24,27H,9,12,15-18H2,1-2H3,(H,26,30)/t21-,24-/m0/s1. The number of hydrogen-bond acceptors (Lipinski definition) is 5. The summed E-state index contributed by atoms with van der Waals surface area (Å²) in [5.74, 6) is -0.938. The van der Waals surface area contributed by atoms with Crippen LogP contribution in [-0.2, 0) is 30.9 Å². The second-order valence-electron chi connectivity index (χ2n) is 8.71. The Labute approximate surface area is 201 Å². The Hall–Kier alpha value is -2.75. The molecule has 2 aromatic carbocycles. The van der Waals surface area contributed by atoms with Crippen molar-refractivity contribution in [3.63, 3.8) is 0 Å². The minimum absolute atomic E-state index is 0.0782. The highest BCUT2D eigenvalue weighted by Gasteiger charge is 2.35. The van der Waals surface area contributed by atoms with Gasteiger partial charge in [-0.25, -0.2) is 13.1 Å². The van der Waals surface area contributed by atoms with Crippen molar-refractivity contribution in [2.24, 2.45) is 5.92 Å². The van der Waals surface area contributed by atoms with Crippen molar-refractivity contribution in [3.8, 4) is 0 Å². The molecule has 2 amide bonds. The quantitative estimate of drug-likeness (QED) is 0.506. The summed E-state index contributed by atoms with van der Waals surface area (Å²) in [6, 6.07) is 16.6. The molecule has 34 heavy (non-hydrogen) atoms. The van der Waals surface area contributed by atoms with Crippen LogP contribution in [0.25, 0.3) is 0 Å². The molecule has 1 aliphatic rings. The van der Waals surface area contributed by atoms with Crippen molar-refractivity contribution in [3.05, 3.63) is 66.2 Å². The molecule has 0 spiro atoms. The van der Waals surface area contributed by atoms with Gasteiger partial charge in [0, 0.05) is 19.7 Å². The molecule has 8 nitrogen and oxygen atoms in total. The van der Waals surface area contributed by atoms with Gasteiger partial charge in [0.1, 0.15) is 6.04 Å². The van der Waals surface area contributed by atoms with Crippen LogP contribution in [0.3, 0.4) is 0 Å². The molecular weight excluding hydrogens is 454 g/mol. The summed E-state index contributed by atoms with van der Waals surface area (Å²) in [5, 5.41) is 2.93. The van der Waals surface area contributed by atoms with Crippen LogP contribution in [0.15, 0.2) is 65.6 Å². The normalized spacial score (nSPS) is 16.9. The van der Waals surface area contributed by atoms with Gasteiger partial charge in [0.15, 0.2) is 0 Å². The predicted molar refractivity (Wildman–Crippen MR) is 129 cm³/mol. The molecule has 1 saturated heterocycles.